The molecule has 2 rings (SSSR count). The van der Waals surface area contributed by atoms with Gasteiger partial charge in [-0.25, -0.2) is 4.79 Å². The van der Waals surface area contributed by atoms with Gasteiger partial charge in [-0.3, -0.25) is 0 Å². The van der Waals surface area contributed by atoms with Gasteiger partial charge in [-0.2, -0.15) is 5.90 Å². The second kappa shape index (κ2) is 3.68. The number of thiophene rings is 1. The zero-order valence-corrected chi connectivity index (χ0v) is 9.39. The van der Waals surface area contributed by atoms with E-state index in [4.69, 9.17) is 5.90 Å². The fourth-order valence-electron chi connectivity index (χ4n) is 1.17. The first-order chi connectivity index (χ1) is 6.70. The van der Waals surface area contributed by atoms with E-state index < -0.39 is 5.97 Å². The maximum atomic E-state index is 11.1. The Hall–Kier alpha value is -0.910. The third-order valence-electron chi connectivity index (χ3n) is 1.79. The Balaban J connectivity index is 2.56. The van der Waals surface area contributed by atoms with E-state index in [9.17, 15) is 4.79 Å². The van der Waals surface area contributed by atoms with Crippen molar-refractivity contribution in [1.82, 2.24) is 0 Å². The highest BCUT2D eigenvalue weighted by atomic mass is 79.9. The van der Waals surface area contributed by atoms with Gasteiger partial charge < -0.3 is 4.84 Å². The number of fused-ring (bicyclic) bond motifs is 1. The molecule has 2 aromatic rings. The second-order valence-corrected chi connectivity index (χ2v) is 4.70. The average molecular weight is 272 g/mol. The minimum Gasteiger partial charge on any atom is -0.369 e. The van der Waals surface area contributed by atoms with E-state index in [2.05, 4.69) is 20.8 Å². The molecule has 72 valence electrons. The molecule has 0 aliphatic carbocycles. The third kappa shape index (κ3) is 1.66. The standard InChI is InChI=1S/C9H6BrNO2S/c10-6-1-2-7-5(3-6)4-8(14-7)9(12)13-11/h1-4H,11H2. The molecule has 3 nitrogen and oxygen atoms in total. The monoisotopic (exact) mass is 271 g/mol. The molecule has 14 heavy (non-hydrogen) atoms. The minimum atomic E-state index is -0.498. The second-order valence-electron chi connectivity index (χ2n) is 2.70. The summed E-state index contributed by atoms with van der Waals surface area (Å²) in [5.74, 6) is 4.31. The van der Waals surface area contributed by atoms with Crippen molar-refractivity contribution < 1.29 is 9.63 Å². The highest BCUT2D eigenvalue weighted by Crippen LogP contribution is 2.28. The molecule has 0 radical (unpaired) electrons. The van der Waals surface area contributed by atoms with Crippen LogP contribution in [0.1, 0.15) is 9.67 Å². The first kappa shape index (κ1) is 9.64. The fourth-order valence-corrected chi connectivity index (χ4v) is 2.48. The smallest absolute Gasteiger partial charge is 0.366 e. The largest absolute Gasteiger partial charge is 0.369 e. The quantitative estimate of drug-likeness (QED) is 0.812. The van der Waals surface area contributed by atoms with Crippen molar-refractivity contribution in [3.8, 4) is 0 Å². The molecular weight excluding hydrogens is 266 g/mol. The van der Waals surface area contributed by atoms with Gasteiger partial charge in [0, 0.05) is 9.17 Å². The first-order valence-electron chi connectivity index (χ1n) is 3.81. The zero-order valence-electron chi connectivity index (χ0n) is 6.99. The molecule has 0 spiro atoms. The average Bonchev–Trinajstić information content (AvgIpc) is 2.59. The molecule has 0 saturated heterocycles. The number of hydrogen-bond donors (Lipinski definition) is 1. The molecule has 0 fully saturated rings. The summed E-state index contributed by atoms with van der Waals surface area (Å²) in [7, 11) is 0. The van der Waals surface area contributed by atoms with Crippen molar-refractivity contribution in [3.05, 3.63) is 33.6 Å². The van der Waals surface area contributed by atoms with Crippen molar-refractivity contribution in [1.29, 1.82) is 0 Å². The third-order valence-corrected chi connectivity index (χ3v) is 3.38. The van der Waals surface area contributed by atoms with Crippen molar-refractivity contribution in [2.45, 2.75) is 0 Å². The molecule has 0 unspecified atom stereocenters. The maximum Gasteiger partial charge on any atom is 0.366 e. The van der Waals surface area contributed by atoms with Gasteiger partial charge in [-0.15, -0.1) is 11.3 Å². The molecule has 2 N–H and O–H groups in total. The summed E-state index contributed by atoms with van der Waals surface area (Å²) in [5, 5.41) is 1.00. The Morgan fingerprint density at radius 2 is 2.21 bits per heavy atom. The topological polar surface area (TPSA) is 52.3 Å². The van der Waals surface area contributed by atoms with Gasteiger partial charge in [0.05, 0.1) is 0 Å². The van der Waals surface area contributed by atoms with Crippen LogP contribution in [0.3, 0.4) is 0 Å². The van der Waals surface area contributed by atoms with E-state index in [0.29, 0.717) is 4.88 Å². The van der Waals surface area contributed by atoms with Crippen LogP contribution in [-0.2, 0) is 4.84 Å². The number of nitrogens with two attached hydrogens (primary N) is 1. The van der Waals surface area contributed by atoms with Crippen molar-refractivity contribution >= 4 is 43.3 Å². The number of benzene rings is 1. The van der Waals surface area contributed by atoms with Crippen LogP contribution in [0.15, 0.2) is 28.7 Å². The molecule has 0 aliphatic rings. The minimum absolute atomic E-state index is 0.498. The summed E-state index contributed by atoms with van der Waals surface area (Å²) in [6, 6.07) is 7.58. The van der Waals surface area contributed by atoms with E-state index in [-0.39, 0.29) is 0 Å². The summed E-state index contributed by atoms with van der Waals surface area (Å²) in [6.07, 6.45) is 0. The summed E-state index contributed by atoms with van der Waals surface area (Å²) in [5.41, 5.74) is 0. The van der Waals surface area contributed by atoms with Gasteiger partial charge in [0.2, 0.25) is 0 Å². The predicted molar refractivity (Wildman–Crippen MR) is 59.1 cm³/mol. The Kier molecular flexibility index (Phi) is 2.54. The number of halogens is 1. The molecule has 1 aromatic carbocycles. The molecule has 0 bridgehead atoms. The Labute approximate surface area is 92.6 Å². The van der Waals surface area contributed by atoms with Gasteiger partial charge in [0.15, 0.2) is 0 Å². The molecule has 0 amide bonds. The fraction of sp³-hybridized carbons (Fsp3) is 0. The molecule has 1 aromatic heterocycles. The number of rotatable bonds is 1. The molecular formula is C9H6BrNO2S. The summed E-state index contributed by atoms with van der Waals surface area (Å²) >= 11 is 4.72. The van der Waals surface area contributed by atoms with E-state index in [0.717, 1.165) is 14.6 Å². The van der Waals surface area contributed by atoms with Gasteiger partial charge >= 0.3 is 5.97 Å². The highest BCUT2D eigenvalue weighted by Gasteiger charge is 2.10. The predicted octanol–water partition coefficient (Wildman–Crippen LogP) is 2.69. The maximum absolute atomic E-state index is 11.1. The lowest BCUT2D eigenvalue weighted by Gasteiger charge is -1.89. The van der Waals surface area contributed by atoms with Gasteiger partial charge in [0.25, 0.3) is 0 Å². The van der Waals surface area contributed by atoms with E-state index in [1.165, 1.54) is 11.3 Å². The summed E-state index contributed by atoms with van der Waals surface area (Å²) in [4.78, 5) is 15.8. The molecule has 1 heterocycles. The molecule has 5 heteroatoms. The lowest BCUT2D eigenvalue weighted by molar-refractivity contribution is 0.0509. The van der Waals surface area contributed by atoms with Crippen molar-refractivity contribution in [2.75, 3.05) is 0 Å². The van der Waals surface area contributed by atoms with Crippen molar-refractivity contribution in [3.63, 3.8) is 0 Å². The van der Waals surface area contributed by atoms with Gasteiger partial charge in [0.1, 0.15) is 4.88 Å². The van der Waals surface area contributed by atoms with Crippen molar-refractivity contribution in [2.24, 2.45) is 5.90 Å². The van der Waals surface area contributed by atoms with E-state index in [1.54, 1.807) is 6.07 Å². The molecule has 0 aliphatic heterocycles. The number of hydrogen-bond acceptors (Lipinski definition) is 4. The van der Waals surface area contributed by atoms with Gasteiger partial charge in [-0.05, 0) is 29.7 Å². The molecule has 0 atom stereocenters. The Bertz CT molecular complexity index is 495. The van der Waals surface area contributed by atoms with Crippen LogP contribution in [-0.4, -0.2) is 5.97 Å². The molecule has 0 saturated carbocycles. The number of carbonyl (C=O) groups is 1. The number of carbonyl (C=O) groups excluding carboxylic acids is 1. The van der Waals surface area contributed by atoms with Crippen LogP contribution in [0.25, 0.3) is 10.1 Å². The van der Waals surface area contributed by atoms with Crippen LogP contribution in [0.4, 0.5) is 0 Å². The van der Waals surface area contributed by atoms with E-state index >= 15 is 0 Å². The lowest BCUT2D eigenvalue weighted by atomic mass is 10.2. The Morgan fingerprint density at radius 1 is 1.43 bits per heavy atom. The lowest BCUT2D eigenvalue weighted by Crippen LogP contribution is -2.07. The highest BCUT2D eigenvalue weighted by molar-refractivity contribution is 9.10. The summed E-state index contributed by atoms with van der Waals surface area (Å²) in [6.45, 7) is 0. The van der Waals surface area contributed by atoms with Crippen LogP contribution in [0.5, 0.6) is 0 Å². The van der Waals surface area contributed by atoms with Crippen LogP contribution >= 0.6 is 27.3 Å². The summed E-state index contributed by atoms with van der Waals surface area (Å²) < 4.78 is 2.02. The van der Waals surface area contributed by atoms with Crippen LogP contribution in [0.2, 0.25) is 0 Å². The van der Waals surface area contributed by atoms with Crippen LogP contribution < -0.4 is 5.90 Å². The zero-order chi connectivity index (χ0) is 10.1. The normalized spacial score (nSPS) is 10.4. The Morgan fingerprint density at radius 3 is 2.93 bits per heavy atom. The first-order valence-corrected chi connectivity index (χ1v) is 5.42. The SMILES string of the molecule is NOC(=O)c1cc2cc(Br)ccc2s1. The van der Waals surface area contributed by atoms with Gasteiger partial charge in [-0.1, -0.05) is 15.9 Å². The van der Waals surface area contributed by atoms with Crippen LogP contribution in [0, 0.1) is 0 Å². The van der Waals surface area contributed by atoms with E-state index in [1.807, 2.05) is 18.2 Å².